The van der Waals surface area contributed by atoms with Crippen molar-refractivity contribution in [2.45, 2.75) is 51.7 Å². The van der Waals surface area contributed by atoms with Gasteiger partial charge < -0.3 is 29.7 Å². The third kappa shape index (κ3) is 7.24. The van der Waals surface area contributed by atoms with E-state index in [4.69, 9.17) is 14.6 Å². The third-order valence-corrected chi connectivity index (χ3v) is 4.95. The number of rotatable bonds is 6. The van der Waals surface area contributed by atoms with E-state index in [1.54, 1.807) is 9.80 Å². The quantitative estimate of drug-likeness (QED) is 0.718. The van der Waals surface area contributed by atoms with Crippen LogP contribution in [0.15, 0.2) is 0 Å². The Labute approximate surface area is 160 Å². The van der Waals surface area contributed by atoms with Crippen molar-refractivity contribution in [1.29, 1.82) is 0 Å². The molecule has 2 saturated heterocycles. The van der Waals surface area contributed by atoms with E-state index in [1.807, 2.05) is 13.8 Å². The number of hydrogen-bond acceptors (Lipinski definition) is 5. The van der Waals surface area contributed by atoms with Gasteiger partial charge in [0.2, 0.25) is 0 Å². The van der Waals surface area contributed by atoms with E-state index in [0.29, 0.717) is 38.7 Å². The largest absolute Gasteiger partial charge is 0.481 e. The number of likely N-dealkylation sites (tertiary alicyclic amines) is 1. The summed E-state index contributed by atoms with van der Waals surface area (Å²) in [7, 11) is 0. The molecule has 0 aromatic rings. The van der Waals surface area contributed by atoms with Crippen molar-refractivity contribution >= 4 is 18.1 Å². The number of morpholine rings is 1. The third-order valence-electron chi connectivity index (χ3n) is 4.95. The van der Waals surface area contributed by atoms with Crippen LogP contribution in [0.5, 0.6) is 0 Å². The van der Waals surface area contributed by atoms with Crippen molar-refractivity contribution in [3.8, 4) is 0 Å². The smallest absolute Gasteiger partial charge is 0.409 e. The zero-order valence-corrected chi connectivity index (χ0v) is 16.2. The highest BCUT2D eigenvalue weighted by molar-refractivity contribution is 5.75. The van der Waals surface area contributed by atoms with Gasteiger partial charge in [-0.25, -0.2) is 9.59 Å². The maximum Gasteiger partial charge on any atom is 0.409 e. The van der Waals surface area contributed by atoms with Gasteiger partial charge in [-0.1, -0.05) is 0 Å². The van der Waals surface area contributed by atoms with Crippen LogP contribution in [-0.2, 0) is 14.3 Å². The standard InChI is InChI=1S/C18H31N3O6/c1-13-11-21(12-14(2)27-13)18(25)26-10-6-15-4-8-20(9-5-15)17(24)19-7-3-16(22)23/h13-15H,3-12H2,1-2H3,(H,19,24)(H,22,23)/t13-,14+. The van der Waals surface area contributed by atoms with Gasteiger partial charge in [-0.3, -0.25) is 4.79 Å². The molecule has 0 saturated carbocycles. The fourth-order valence-corrected chi connectivity index (χ4v) is 3.54. The number of carboxylic acid groups (broad SMARTS) is 1. The van der Waals surface area contributed by atoms with Gasteiger partial charge in [0.15, 0.2) is 0 Å². The molecule has 2 rings (SSSR count). The fraction of sp³-hybridized carbons (Fsp3) is 0.833. The molecule has 2 aliphatic rings. The van der Waals surface area contributed by atoms with Gasteiger partial charge in [-0.15, -0.1) is 0 Å². The minimum absolute atomic E-state index is 0.0206. The summed E-state index contributed by atoms with van der Waals surface area (Å²) >= 11 is 0. The number of nitrogens with zero attached hydrogens (tertiary/aromatic N) is 2. The fourth-order valence-electron chi connectivity index (χ4n) is 3.54. The van der Waals surface area contributed by atoms with E-state index in [0.717, 1.165) is 19.3 Å². The van der Waals surface area contributed by atoms with Gasteiger partial charge in [-0.05, 0) is 39.0 Å². The van der Waals surface area contributed by atoms with Crippen LogP contribution >= 0.6 is 0 Å². The predicted molar refractivity (Wildman–Crippen MR) is 97.5 cm³/mol. The molecule has 0 unspecified atom stereocenters. The lowest BCUT2D eigenvalue weighted by atomic mass is 9.94. The van der Waals surface area contributed by atoms with E-state index in [-0.39, 0.29) is 37.3 Å². The van der Waals surface area contributed by atoms with Crippen molar-refractivity contribution in [1.82, 2.24) is 15.1 Å². The summed E-state index contributed by atoms with van der Waals surface area (Å²) in [5.74, 6) is -0.507. The van der Waals surface area contributed by atoms with Crippen molar-refractivity contribution in [2.75, 3.05) is 39.3 Å². The van der Waals surface area contributed by atoms with E-state index < -0.39 is 5.97 Å². The average molecular weight is 385 g/mol. The Morgan fingerprint density at radius 1 is 1.11 bits per heavy atom. The molecule has 2 atom stereocenters. The van der Waals surface area contributed by atoms with Crippen LogP contribution in [-0.4, -0.2) is 84.5 Å². The number of urea groups is 1. The molecule has 0 aliphatic carbocycles. The molecule has 27 heavy (non-hydrogen) atoms. The highest BCUT2D eigenvalue weighted by Crippen LogP contribution is 2.21. The lowest BCUT2D eigenvalue weighted by Gasteiger charge is -2.35. The Hall–Kier alpha value is -2.03. The van der Waals surface area contributed by atoms with Crippen LogP contribution in [0.2, 0.25) is 0 Å². The second-order valence-electron chi connectivity index (χ2n) is 7.37. The van der Waals surface area contributed by atoms with Crippen molar-refractivity contribution in [3.63, 3.8) is 0 Å². The van der Waals surface area contributed by atoms with Crippen molar-refractivity contribution in [2.24, 2.45) is 5.92 Å². The van der Waals surface area contributed by atoms with Crippen LogP contribution in [0.25, 0.3) is 0 Å². The minimum atomic E-state index is -0.926. The molecule has 154 valence electrons. The second-order valence-corrected chi connectivity index (χ2v) is 7.37. The first-order valence-electron chi connectivity index (χ1n) is 9.67. The molecule has 0 aromatic carbocycles. The average Bonchev–Trinajstić information content (AvgIpc) is 2.61. The van der Waals surface area contributed by atoms with Crippen molar-refractivity contribution in [3.05, 3.63) is 0 Å². The number of amides is 3. The summed E-state index contributed by atoms with van der Waals surface area (Å²) in [6.07, 6.45) is 2.18. The number of hydrogen-bond donors (Lipinski definition) is 2. The Bertz CT molecular complexity index is 511. The second kappa shape index (κ2) is 10.3. The number of carboxylic acids is 1. The highest BCUT2D eigenvalue weighted by Gasteiger charge is 2.27. The van der Waals surface area contributed by atoms with Gasteiger partial charge in [0.05, 0.1) is 38.3 Å². The molecule has 2 N–H and O–H groups in total. The monoisotopic (exact) mass is 385 g/mol. The number of aliphatic carboxylic acids is 1. The molecular formula is C18H31N3O6. The molecule has 3 amide bonds. The van der Waals surface area contributed by atoms with Gasteiger partial charge in [0, 0.05) is 19.6 Å². The first kappa shape index (κ1) is 21.3. The number of nitrogens with one attached hydrogen (secondary N) is 1. The lowest BCUT2D eigenvalue weighted by Crippen LogP contribution is -2.48. The van der Waals surface area contributed by atoms with Crippen LogP contribution in [0.1, 0.15) is 39.5 Å². The molecule has 2 heterocycles. The number of piperidine rings is 1. The highest BCUT2D eigenvalue weighted by atomic mass is 16.6. The Kier molecular flexibility index (Phi) is 8.15. The zero-order valence-electron chi connectivity index (χ0n) is 16.2. The zero-order chi connectivity index (χ0) is 19.8. The van der Waals surface area contributed by atoms with Crippen LogP contribution in [0, 0.1) is 5.92 Å². The maximum absolute atomic E-state index is 12.2. The van der Waals surface area contributed by atoms with Gasteiger partial charge in [0.1, 0.15) is 0 Å². The Morgan fingerprint density at radius 2 is 1.74 bits per heavy atom. The summed E-state index contributed by atoms with van der Waals surface area (Å²) in [5.41, 5.74) is 0. The molecule has 0 bridgehead atoms. The van der Waals surface area contributed by atoms with E-state index in [9.17, 15) is 14.4 Å². The molecule has 0 aromatic heterocycles. The molecular weight excluding hydrogens is 354 g/mol. The Morgan fingerprint density at radius 3 is 2.33 bits per heavy atom. The number of ether oxygens (including phenoxy) is 2. The maximum atomic E-state index is 12.2. The number of carbonyl (C=O) groups is 3. The molecule has 9 heteroatoms. The summed E-state index contributed by atoms with van der Waals surface area (Å²) in [5, 5.41) is 11.2. The SMILES string of the molecule is C[C@@H]1CN(C(=O)OCCC2CCN(C(=O)NCCC(=O)O)CC2)C[C@H](C)O1. The summed E-state index contributed by atoms with van der Waals surface area (Å²) < 4.78 is 11.0. The van der Waals surface area contributed by atoms with Gasteiger partial charge in [0.25, 0.3) is 0 Å². The van der Waals surface area contributed by atoms with E-state index in [1.165, 1.54) is 0 Å². The van der Waals surface area contributed by atoms with Gasteiger partial charge >= 0.3 is 18.1 Å². The summed E-state index contributed by atoms with van der Waals surface area (Å²) in [4.78, 5) is 38.0. The minimum Gasteiger partial charge on any atom is -0.481 e. The predicted octanol–water partition coefficient (Wildman–Crippen LogP) is 1.52. The summed E-state index contributed by atoms with van der Waals surface area (Å²) in [6.45, 7) is 6.80. The first-order chi connectivity index (χ1) is 12.8. The molecule has 9 nitrogen and oxygen atoms in total. The van der Waals surface area contributed by atoms with Crippen molar-refractivity contribution < 1.29 is 29.0 Å². The van der Waals surface area contributed by atoms with Crippen LogP contribution in [0.4, 0.5) is 9.59 Å². The normalized spacial score (nSPS) is 23.8. The van der Waals surface area contributed by atoms with Crippen LogP contribution < -0.4 is 5.32 Å². The lowest BCUT2D eigenvalue weighted by molar-refractivity contribution is -0.136. The molecule has 2 fully saturated rings. The summed E-state index contributed by atoms with van der Waals surface area (Å²) in [6, 6.07) is -0.211. The molecule has 0 spiro atoms. The molecule has 2 aliphatic heterocycles. The Balaban J connectivity index is 1.60. The number of carbonyl (C=O) groups excluding carboxylic acids is 2. The molecule has 0 radical (unpaired) electrons. The van der Waals surface area contributed by atoms with Crippen LogP contribution in [0.3, 0.4) is 0 Å². The van der Waals surface area contributed by atoms with E-state index in [2.05, 4.69) is 5.32 Å². The van der Waals surface area contributed by atoms with Gasteiger partial charge in [-0.2, -0.15) is 0 Å². The topological polar surface area (TPSA) is 108 Å². The van der Waals surface area contributed by atoms with E-state index >= 15 is 0 Å². The first-order valence-corrected chi connectivity index (χ1v) is 9.67.